The van der Waals surface area contributed by atoms with Gasteiger partial charge in [-0.3, -0.25) is 0 Å². The van der Waals surface area contributed by atoms with E-state index in [-0.39, 0.29) is 6.04 Å². The first-order valence-electron chi connectivity index (χ1n) is 6.32. The van der Waals surface area contributed by atoms with Crippen LogP contribution in [0.15, 0.2) is 12.4 Å². The van der Waals surface area contributed by atoms with Gasteiger partial charge in [0.05, 0.1) is 0 Å². The largest absolute Gasteiger partial charge is 0.360 e. The summed E-state index contributed by atoms with van der Waals surface area (Å²) in [7, 11) is 2.05. The lowest BCUT2D eigenvalue weighted by Crippen LogP contribution is -2.32. The Bertz CT molecular complexity index is 338. The predicted octanol–water partition coefficient (Wildman–Crippen LogP) is 1.85. The Hall–Kier alpha value is -1.16. The molecule has 0 bridgehead atoms. The molecule has 4 nitrogen and oxygen atoms in total. The molecule has 0 saturated heterocycles. The monoisotopic (exact) mass is 236 g/mol. The maximum absolute atomic E-state index is 6.04. The molecular weight excluding hydrogens is 212 g/mol. The molecule has 1 heterocycles. The molecule has 0 radical (unpaired) electrons. The van der Waals surface area contributed by atoms with Gasteiger partial charge in [0.1, 0.15) is 12.1 Å². The van der Waals surface area contributed by atoms with Gasteiger partial charge in [-0.15, -0.1) is 0 Å². The minimum atomic E-state index is 0.255. The fraction of sp³-hybridized carbons (Fsp3) is 0.692. The molecule has 4 heteroatoms. The number of rotatable bonds is 6. The van der Waals surface area contributed by atoms with E-state index in [0.717, 1.165) is 30.9 Å². The van der Waals surface area contributed by atoms with E-state index in [1.807, 2.05) is 6.07 Å². The van der Waals surface area contributed by atoms with E-state index in [1.165, 1.54) is 0 Å². The molecule has 0 aliphatic carbocycles. The third-order valence-corrected chi connectivity index (χ3v) is 3.12. The third-order valence-electron chi connectivity index (χ3n) is 3.12. The zero-order chi connectivity index (χ0) is 12.8. The summed E-state index contributed by atoms with van der Waals surface area (Å²) in [6, 6.07) is 2.30. The molecule has 96 valence electrons. The van der Waals surface area contributed by atoms with Crippen molar-refractivity contribution in [1.29, 1.82) is 0 Å². The Balaban J connectivity index is 2.54. The predicted molar refractivity (Wildman–Crippen MR) is 72.1 cm³/mol. The van der Waals surface area contributed by atoms with Crippen molar-refractivity contribution in [3.63, 3.8) is 0 Å². The zero-order valence-electron chi connectivity index (χ0n) is 11.3. The standard InChI is InChI=1S/C13H24N4/c1-5-11-8-13(16-9-15-11)17(4)7-6-12(14)10(2)3/h8-10,12H,5-7,14H2,1-4H3. The van der Waals surface area contributed by atoms with Crippen LogP contribution in [-0.4, -0.2) is 29.6 Å². The SMILES string of the molecule is CCc1cc(N(C)CCC(N)C(C)C)ncn1. The van der Waals surface area contributed by atoms with E-state index in [4.69, 9.17) is 5.73 Å². The van der Waals surface area contributed by atoms with Crippen molar-refractivity contribution in [2.45, 2.75) is 39.7 Å². The summed E-state index contributed by atoms with van der Waals surface area (Å²) in [5.41, 5.74) is 7.12. The van der Waals surface area contributed by atoms with E-state index in [0.29, 0.717) is 5.92 Å². The maximum Gasteiger partial charge on any atom is 0.131 e. The molecule has 0 aliphatic rings. The molecule has 1 aromatic rings. The zero-order valence-corrected chi connectivity index (χ0v) is 11.3. The van der Waals surface area contributed by atoms with Crippen LogP contribution in [0.1, 0.15) is 32.9 Å². The van der Waals surface area contributed by atoms with Gasteiger partial charge in [0.2, 0.25) is 0 Å². The lowest BCUT2D eigenvalue weighted by Gasteiger charge is -2.22. The number of nitrogens with zero attached hydrogens (tertiary/aromatic N) is 3. The van der Waals surface area contributed by atoms with Crippen LogP contribution in [0.25, 0.3) is 0 Å². The second kappa shape index (κ2) is 6.55. The van der Waals surface area contributed by atoms with E-state index >= 15 is 0 Å². The lowest BCUT2D eigenvalue weighted by molar-refractivity contribution is 0.465. The highest BCUT2D eigenvalue weighted by molar-refractivity contribution is 5.37. The number of aryl methyl sites for hydroxylation is 1. The normalized spacial score (nSPS) is 12.8. The summed E-state index contributed by atoms with van der Waals surface area (Å²) in [6.07, 6.45) is 3.56. The van der Waals surface area contributed by atoms with Gasteiger partial charge in [0.15, 0.2) is 0 Å². The van der Waals surface area contributed by atoms with E-state index < -0.39 is 0 Å². The van der Waals surface area contributed by atoms with E-state index in [1.54, 1.807) is 6.33 Å². The van der Waals surface area contributed by atoms with Crippen LogP contribution in [0.3, 0.4) is 0 Å². The number of hydrogen-bond acceptors (Lipinski definition) is 4. The van der Waals surface area contributed by atoms with Gasteiger partial charge in [-0.2, -0.15) is 0 Å². The molecule has 0 fully saturated rings. The highest BCUT2D eigenvalue weighted by Gasteiger charge is 2.10. The molecule has 2 N–H and O–H groups in total. The van der Waals surface area contributed by atoms with Crippen LogP contribution in [0.5, 0.6) is 0 Å². The Morgan fingerprint density at radius 2 is 2.06 bits per heavy atom. The highest BCUT2D eigenvalue weighted by Crippen LogP contribution is 2.11. The number of hydrogen-bond donors (Lipinski definition) is 1. The van der Waals surface area contributed by atoms with Gasteiger partial charge in [-0.25, -0.2) is 9.97 Å². The summed E-state index contributed by atoms with van der Waals surface area (Å²) in [6.45, 7) is 7.34. The van der Waals surface area contributed by atoms with Crippen LogP contribution in [0.2, 0.25) is 0 Å². The smallest absolute Gasteiger partial charge is 0.131 e. The number of aromatic nitrogens is 2. The number of nitrogens with two attached hydrogens (primary N) is 1. The van der Waals surface area contributed by atoms with Crippen LogP contribution >= 0.6 is 0 Å². The van der Waals surface area contributed by atoms with Crippen LogP contribution in [-0.2, 0) is 6.42 Å². The van der Waals surface area contributed by atoms with Gasteiger partial charge in [-0.05, 0) is 18.8 Å². The minimum absolute atomic E-state index is 0.255. The Kier molecular flexibility index (Phi) is 5.35. The fourth-order valence-electron chi connectivity index (χ4n) is 1.58. The summed E-state index contributed by atoms with van der Waals surface area (Å²) in [4.78, 5) is 10.6. The first-order chi connectivity index (χ1) is 8.04. The molecule has 0 spiro atoms. The molecule has 0 amide bonds. The lowest BCUT2D eigenvalue weighted by atomic mass is 10.0. The van der Waals surface area contributed by atoms with Crippen molar-refractivity contribution in [3.8, 4) is 0 Å². The quantitative estimate of drug-likeness (QED) is 0.819. The van der Waals surface area contributed by atoms with Crippen molar-refractivity contribution in [1.82, 2.24) is 9.97 Å². The molecule has 1 unspecified atom stereocenters. The second-order valence-corrected chi connectivity index (χ2v) is 4.84. The summed E-state index contributed by atoms with van der Waals surface area (Å²) in [5, 5.41) is 0. The van der Waals surface area contributed by atoms with Crippen molar-refractivity contribution in [3.05, 3.63) is 18.1 Å². The minimum Gasteiger partial charge on any atom is -0.360 e. The highest BCUT2D eigenvalue weighted by atomic mass is 15.2. The molecule has 0 saturated carbocycles. The van der Waals surface area contributed by atoms with Crippen molar-refractivity contribution in [2.75, 3.05) is 18.5 Å². The molecule has 1 atom stereocenters. The van der Waals surface area contributed by atoms with Gasteiger partial charge in [0.25, 0.3) is 0 Å². The average Bonchev–Trinajstić information content (AvgIpc) is 2.35. The van der Waals surface area contributed by atoms with E-state index in [2.05, 4.69) is 42.7 Å². The van der Waals surface area contributed by atoms with Crippen molar-refractivity contribution < 1.29 is 0 Å². The average molecular weight is 236 g/mol. The van der Waals surface area contributed by atoms with Gasteiger partial charge < -0.3 is 10.6 Å². The second-order valence-electron chi connectivity index (χ2n) is 4.84. The Labute approximate surface area is 104 Å². The molecule has 1 aromatic heterocycles. The molecule has 0 aliphatic heterocycles. The molecule has 17 heavy (non-hydrogen) atoms. The summed E-state index contributed by atoms with van der Waals surface area (Å²) in [5.74, 6) is 1.51. The van der Waals surface area contributed by atoms with Crippen LogP contribution in [0.4, 0.5) is 5.82 Å². The molecule has 0 aromatic carbocycles. The maximum atomic E-state index is 6.04. The first kappa shape index (κ1) is 13.9. The van der Waals surface area contributed by atoms with E-state index in [9.17, 15) is 0 Å². The first-order valence-corrected chi connectivity index (χ1v) is 6.32. The van der Waals surface area contributed by atoms with Gasteiger partial charge in [0, 0.05) is 31.4 Å². The summed E-state index contributed by atoms with van der Waals surface area (Å²) < 4.78 is 0. The Morgan fingerprint density at radius 3 is 2.65 bits per heavy atom. The van der Waals surface area contributed by atoms with Gasteiger partial charge in [-0.1, -0.05) is 20.8 Å². The third kappa shape index (κ3) is 4.30. The fourth-order valence-corrected chi connectivity index (χ4v) is 1.58. The van der Waals surface area contributed by atoms with Crippen molar-refractivity contribution in [2.24, 2.45) is 11.7 Å². The van der Waals surface area contributed by atoms with Gasteiger partial charge >= 0.3 is 0 Å². The number of anilines is 1. The molecular formula is C13H24N4. The van der Waals surface area contributed by atoms with Crippen molar-refractivity contribution >= 4 is 5.82 Å². The van der Waals surface area contributed by atoms with Crippen LogP contribution < -0.4 is 10.6 Å². The van der Waals surface area contributed by atoms with Crippen LogP contribution in [0, 0.1) is 5.92 Å². The summed E-state index contributed by atoms with van der Waals surface area (Å²) >= 11 is 0. The topological polar surface area (TPSA) is 55.0 Å². The Morgan fingerprint density at radius 1 is 1.35 bits per heavy atom. The molecule has 1 rings (SSSR count).